The standard InChI is InChI=1S/C7H11N3O4/c1-5-6(10-14-9-5)8-7(11)13-4-3-12-2/h3-4H2,1-2H3,(H,8,10,11). The second-order valence-corrected chi connectivity index (χ2v) is 2.45. The van der Waals surface area contributed by atoms with Crippen LogP contribution in [0.5, 0.6) is 0 Å². The van der Waals surface area contributed by atoms with Crippen LogP contribution >= 0.6 is 0 Å². The van der Waals surface area contributed by atoms with Crippen LogP contribution in [0.25, 0.3) is 0 Å². The third-order valence-electron chi connectivity index (χ3n) is 1.39. The summed E-state index contributed by atoms with van der Waals surface area (Å²) in [6.07, 6.45) is -0.610. The third-order valence-corrected chi connectivity index (χ3v) is 1.39. The minimum atomic E-state index is -0.610. The molecule has 78 valence electrons. The van der Waals surface area contributed by atoms with Crippen molar-refractivity contribution in [3.8, 4) is 0 Å². The quantitative estimate of drug-likeness (QED) is 0.717. The van der Waals surface area contributed by atoms with E-state index in [1.54, 1.807) is 6.92 Å². The van der Waals surface area contributed by atoms with E-state index in [1.807, 2.05) is 0 Å². The van der Waals surface area contributed by atoms with Gasteiger partial charge in [-0.25, -0.2) is 9.42 Å². The second-order valence-electron chi connectivity index (χ2n) is 2.45. The van der Waals surface area contributed by atoms with Gasteiger partial charge in [-0.1, -0.05) is 5.16 Å². The first kappa shape index (κ1) is 10.5. The molecule has 0 radical (unpaired) electrons. The Labute approximate surface area is 80.3 Å². The number of amides is 1. The molecule has 0 atom stereocenters. The molecule has 0 bridgehead atoms. The van der Waals surface area contributed by atoms with E-state index in [-0.39, 0.29) is 12.4 Å². The number of nitrogens with zero attached hydrogens (tertiary/aromatic N) is 2. The Morgan fingerprint density at radius 1 is 1.50 bits per heavy atom. The lowest BCUT2D eigenvalue weighted by molar-refractivity contribution is 0.107. The maximum absolute atomic E-state index is 11.0. The molecular weight excluding hydrogens is 190 g/mol. The number of aryl methyl sites for hydroxylation is 1. The van der Waals surface area contributed by atoms with Crippen LogP contribution in [-0.4, -0.2) is 36.7 Å². The zero-order chi connectivity index (χ0) is 10.4. The van der Waals surface area contributed by atoms with Crippen molar-refractivity contribution >= 4 is 11.9 Å². The topological polar surface area (TPSA) is 86.5 Å². The Balaban J connectivity index is 2.31. The molecule has 0 saturated carbocycles. The molecule has 1 N–H and O–H groups in total. The van der Waals surface area contributed by atoms with Gasteiger partial charge in [-0.15, -0.1) is 0 Å². The Hall–Kier alpha value is -1.63. The monoisotopic (exact) mass is 201 g/mol. The van der Waals surface area contributed by atoms with Gasteiger partial charge in [0.15, 0.2) is 0 Å². The fourth-order valence-electron chi connectivity index (χ4n) is 0.695. The van der Waals surface area contributed by atoms with Gasteiger partial charge in [0.2, 0.25) is 5.82 Å². The summed E-state index contributed by atoms with van der Waals surface area (Å²) >= 11 is 0. The van der Waals surface area contributed by atoms with Crippen LogP contribution in [0.1, 0.15) is 5.69 Å². The van der Waals surface area contributed by atoms with E-state index < -0.39 is 6.09 Å². The SMILES string of the molecule is COCCOC(=O)Nc1nonc1C. The van der Waals surface area contributed by atoms with Crippen molar-refractivity contribution < 1.29 is 18.9 Å². The van der Waals surface area contributed by atoms with E-state index >= 15 is 0 Å². The average molecular weight is 201 g/mol. The molecule has 1 rings (SSSR count). The van der Waals surface area contributed by atoms with E-state index in [0.717, 1.165) is 0 Å². The van der Waals surface area contributed by atoms with Gasteiger partial charge in [-0.2, -0.15) is 0 Å². The van der Waals surface area contributed by atoms with E-state index in [2.05, 4.69) is 20.3 Å². The Morgan fingerprint density at radius 3 is 2.86 bits per heavy atom. The summed E-state index contributed by atoms with van der Waals surface area (Å²) in [5, 5.41) is 9.30. The first-order valence-corrected chi connectivity index (χ1v) is 3.96. The highest BCUT2D eigenvalue weighted by Crippen LogP contribution is 2.06. The summed E-state index contributed by atoms with van der Waals surface area (Å²) in [6, 6.07) is 0. The maximum atomic E-state index is 11.0. The Kier molecular flexibility index (Phi) is 3.86. The van der Waals surface area contributed by atoms with Gasteiger partial charge < -0.3 is 9.47 Å². The summed E-state index contributed by atoms with van der Waals surface area (Å²) in [5.41, 5.74) is 0.494. The van der Waals surface area contributed by atoms with Crippen molar-refractivity contribution in [2.75, 3.05) is 25.6 Å². The van der Waals surface area contributed by atoms with Gasteiger partial charge in [-0.05, 0) is 12.1 Å². The maximum Gasteiger partial charge on any atom is 0.413 e. The van der Waals surface area contributed by atoms with E-state index in [9.17, 15) is 4.79 Å². The molecule has 0 saturated heterocycles. The summed E-state index contributed by atoms with van der Waals surface area (Å²) in [4.78, 5) is 11.0. The normalized spacial score (nSPS) is 9.86. The van der Waals surface area contributed by atoms with Gasteiger partial charge >= 0.3 is 6.09 Å². The smallest absolute Gasteiger partial charge is 0.413 e. The molecule has 0 spiro atoms. The highest BCUT2D eigenvalue weighted by Gasteiger charge is 2.09. The fourth-order valence-corrected chi connectivity index (χ4v) is 0.695. The molecule has 1 amide bonds. The minimum Gasteiger partial charge on any atom is -0.447 e. The van der Waals surface area contributed by atoms with Gasteiger partial charge in [0.05, 0.1) is 6.61 Å². The van der Waals surface area contributed by atoms with Crippen LogP contribution in [0.15, 0.2) is 4.63 Å². The molecule has 0 fully saturated rings. The van der Waals surface area contributed by atoms with Crippen LogP contribution in [0.3, 0.4) is 0 Å². The number of aromatic nitrogens is 2. The summed E-state index contributed by atoms with van der Waals surface area (Å²) in [7, 11) is 1.52. The van der Waals surface area contributed by atoms with Gasteiger partial charge in [0.1, 0.15) is 12.3 Å². The van der Waals surface area contributed by atoms with E-state index in [4.69, 9.17) is 9.47 Å². The second kappa shape index (κ2) is 5.18. The highest BCUT2D eigenvalue weighted by atomic mass is 16.6. The fraction of sp³-hybridized carbons (Fsp3) is 0.571. The van der Waals surface area contributed by atoms with Gasteiger partial charge in [0.25, 0.3) is 0 Å². The lowest BCUT2D eigenvalue weighted by Gasteiger charge is -2.03. The number of nitrogens with one attached hydrogen (secondary N) is 1. The van der Waals surface area contributed by atoms with Crippen molar-refractivity contribution in [2.45, 2.75) is 6.92 Å². The Bertz CT molecular complexity index is 299. The van der Waals surface area contributed by atoms with Crippen molar-refractivity contribution in [1.29, 1.82) is 0 Å². The van der Waals surface area contributed by atoms with E-state index in [1.165, 1.54) is 7.11 Å². The number of carbonyl (C=O) groups is 1. The van der Waals surface area contributed by atoms with Crippen molar-refractivity contribution in [2.24, 2.45) is 0 Å². The number of hydrogen-bond donors (Lipinski definition) is 1. The summed E-state index contributed by atoms with van der Waals surface area (Å²) < 4.78 is 13.8. The number of carbonyl (C=O) groups excluding carboxylic acids is 1. The molecule has 7 nitrogen and oxygen atoms in total. The molecule has 0 aliphatic heterocycles. The zero-order valence-electron chi connectivity index (χ0n) is 7.94. The average Bonchev–Trinajstić information content (AvgIpc) is 2.52. The minimum absolute atomic E-state index is 0.187. The van der Waals surface area contributed by atoms with Crippen LogP contribution in [-0.2, 0) is 9.47 Å². The zero-order valence-corrected chi connectivity index (χ0v) is 7.94. The van der Waals surface area contributed by atoms with Gasteiger partial charge in [0, 0.05) is 7.11 Å². The van der Waals surface area contributed by atoms with Crippen LogP contribution in [0.2, 0.25) is 0 Å². The van der Waals surface area contributed by atoms with Crippen LogP contribution in [0.4, 0.5) is 10.6 Å². The first-order chi connectivity index (χ1) is 6.74. The largest absolute Gasteiger partial charge is 0.447 e. The Morgan fingerprint density at radius 2 is 2.29 bits per heavy atom. The molecule has 14 heavy (non-hydrogen) atoms. The van der Waals surface area contributed by atoms with Crippen molar-refractivity contribution in [3.63, 3.8) is 0 Å². The number of ether oxygens (including phenoxy) is 2. The lowest BCUT2D eigenvalue weighted by Crippen LogP contribution is -2.17. The number of hydrogen-bond acceptors (Lipinski definition) is 6. The predicted octanol–water partition coefficient (Wildman–Crippen LogP) is 0.573. The summed E-state index contributed by atoms with van der Waals surface area (Å²) in [5.74, 6) is 0.257. The molecular formula is C7H11N3O4. The molecule has 1 aromatic heterocycles. The predicted molar refractivity (Wildman–Crippen MR) is 45.9 cm³/mol. The lowest BCUT2D eigenvalue weighted by atomic mass is 10.5. The highest BCUT2D eigenvalue weighted by molar-refractivity contribution is 5.83. The van der Waals surface area contributed by atoms with Gasteiger partial charge in [-0.3, -0.25) is 5.32 Å². The summed E-state index contributed by atoms with van der Waals surface area (Å²) in [6.45, 7) is 2.19. The number of anilines is 1. The number of methoxy groups -OCH3 is 1. The van der Waals surface area contributed by atoms with Crippen molar-refractivity contribution in [3.05, 3.63) is 5.69 Å². The van der Waals surface area contributed by atoms with Crippen molar-refractivity contribution in [1.82, 2.24) is 10.3 Å². The van der Waals surface area contributed by atoms with E-state index in [0.29, 0.717) is 12.3 Å². The molecule has 0 aromatic carbocycles. The molecule has 0 aliphatic carbocycles. The number of rotatable bonds is 4. The molecule has 0 unspecified atom stereocenters. The third kappa shape index (κ3) is 3.02. The molecule has 7 heteroatoms. The molecule has 0 aliphatic rings. The van der Waals surface area contributed by atoms with Crippen LogP contribution in [0, 0.1) is 6.92 Å². The van der Waals surface area contributed by atoms with Crippen LogP contribution < -0.4 is 5.32 Å². The molecule has 1 heterocycles. The molecule has 1 aromatic rings. The first-order valence-electron chi connectivity index (χ1n) is 3.96.